The number of rotatable bonds is 3. The molecule has 2 aromatic rings. The minimum absolute atomic E-state index is 0.0734. The summed E-state index contributed by atoms with van der Waals surface area (Å²) in [5.41, 5.74) is 3.99. The van der Waals surface area contributed by atoms with E-state index in [2.05, 4.69) is 20.9 Å². The van der Waals surface area contributed by atoms with Crippen LogP contribution >= 0.6 is 15.9 Å². The highest BCUT2D eigenvalue weighted by Crippen LogP contribution is 2.27. The number of hydrogen-bond donors (Lipinski definition) is 0. The SMILES string of the molecule is Cc1ccc(C(=O)C(Br)c2ccncc2)cc1C. The minimum atomic E-state index is -0.317. The molecule has 92 valence electrons. The Morgan fingerprint density at radius 2 is 1.78 bits per heavy atom. The number of halogens is 1. The second-order valence-corrected chi connectivity index (χ2v) is 5.22. The van der Waals surface area contributed by atoms with Gasteiger partial charge in [0.1, 0.15) is 4.83 Å². The van der Waals surface area contributed by atoms with Crippen LogP contribution < -0.4 is 0 Å². The molecule has 0 radical (unpaired) electrons. The summed E-state index contributed by atoms with van der Waals surface area (Å²) in [6.45, 7) is 4.06. The summed E-state index contributed by atoms with van der Waals surface area (Å²) in [4.78, 5) is 16.0. The van der Waals surface area contributed by atoms with E-state index in [0.29, 0.717) is 0 Å². The first-order valence-electron chi connectivity index (χ1n) is 5.75. The molecule has 18 heavy (non-hydrogen) atoms. The van der Waals surface area contributed by atoms with Crippen LogP contribution in [0.1, 0.15) is 31.9 Å². The topological polar surface area (TPSA) is 30.0 Å². The van der Waals surface area contributed by atoms with E-state index in [4.69, 9.17) is 0 Å². The summed E-state index contributed by atoms with van der Waals surface area (Å²) < 4.78 is 0. The third kappa shape index (κ3) is 2.67. The van der Waals surface area contributed by atoms with Gasteiger partial charge in [0.05, 0.1) is 0 Å². The second-order valence-electron chi connectivity index (χ2n) is 4.31. The molecule has 1 atom stereocenters. The molecule has 1 unspecified atom stereocenters. The zero-order chi connectivity index (χ0) is 13.1. The normalized spacial score (nSPS) is 12.2. The number of Topliss-reactive ketones (excluding diaryl/α,β-unsaturated/α-hetero) is 1. The molecule has 0 aliphatic rings. The lowest BCUT2D eigenvalue weighted by Gasteiger charge is -2.10. The first kappa shape index (κ1) is 13.0. The number of carbonyl (C=O) groups is 1. The van der Waals surface area contributed by atoms with Crippen molar-refractivity contribution in [3.8, 4) is 0 Å². The van der Waals surface area contributed by atoms with Crippen LogP contribution in [0.15, 0.2) is 42.7 Å². The molecule has 0 aliphatic carbocycles. The Morgan fingerprint density at radius 1 is 1.11 bits per heavy atom. The minimum Gasteiger partial charge on any atom is -0.293 e. The van der Waals surface area contributed by atoms with Gasteiger partial charge in [-0.05, 0) is 48.7 Å². The fourth-order valence-electron chi connectivity index (χ4n) is 1.72. The summed E-state index contributed by atoms with van der Waals surface area (Å²) in [5.74, 6) is 0.0734. The third-order valence-electron chi connectivity index (χ3n) is 3.02. The van der Waals surface area contributed by atoms with Gasteiger partial charge >= 0.3 is 0 Å². The van der Waals surface area contributed by atoms with Gasteiger partial charge in [0.25, 0.3) is 0 Å². The zero-order valence-electron chi connectivity index (χ0n) is 10.4. The van der Waals surface area contributed by atoms with Gasteiger partial charge in [0.15, 0.2) is 5.78 Å². The van der Waals surface area contributed by atoms with Gasteiger partial charge in [-0.15, -0.1) is 0 Å². The third-order valence-corrected chi connectivity index (χ3v) is 3.96. The van der Waals surface area contributed by atoms with Crippen LogP contribution in [0.5, 0.6) is 0 Å². The average Bonchev–Trinajstić information content (AvgIpc) is 2.41. The summed E-state index contributed by atoms with van der Waals surface area (Å²) in [6, 6.07) is 9.48. The number of carbonyl (C=O) groups excluding carboxylic acids is 1. The van der Waals surface area contributed by atoms with Crippen molar-refractivity contribution in [3.63, 3.8) is 0 Å². The van der Waals surface area contributed by atoms with E-state index in [1.807, 2.05) is 44.2 Å². The van der Waals surface area contributed by atoms with Gasteiger partial charge in [-0.1, -0.05) is 28.1 Å². The Bertz CT molecular complexity index is 566. The first-order valence-corrected chi connectivity index (χ1v) is 6.66. The van der Waals surface area contributed by atoms with E-state index in [-0.39, 0.29) is 10.6 Å². The standard InChI is InChI=1S/C15H14BrNO/c1-10-3-4-13(9-11(10)2)15(18)14(16)12-5-7-17-8-6-12/h3-9,14H,1-2H3. The maximum absolute atomic E-state index is 12.3. The van der Waals surface area contributed by atoms with E-state index >= 15 is 0 Å². The van der Waals surface area contributed by atoms with Crippen molar-refractivity contribution in [2.24, 2.45) is 0 Å². The van der Waals surface area contributed by atoms with Crippen molar-refractivity contribution < 1.29 is 4.79 Å². The molecule has 0 saturated carbocycles. The maximum Gasteiger partial charge on any atom is 0.180 e. The van der Waals surface area contributed by atoms with Crippen LogP contribution in [0.4, 0.5) is 0 Å². The smallest absolute Gasteiger partial charge is 0.180 e. The maximum atomic E-state index is 12.3. The molecular weight excluding hydrogens is 290 g/mol. The molecule has 0 spiro atoms. The van der Waals surface area contributed by atoms with Gasteiger partial charge in [-0.25, -0.2) is 0 Å². The van der Waals surface area contributed by atoms with Gasteiger partial charge in [-0.3, -0.25) is 9.78 Å². The van der Waals surface area contributed by atoms with Crippen molar-refractivity contribution in [2.45, 2.75) is 18.7 Å². The van der Waals surface area contributed by atoms with Crippen molar-refractivity contribution >= 4 is 21.7 Å². The molecule has 0 saturated heterocycles. The number of nitrogens with zero attached hydrogens (tertiary/aromatic N) is 1. The molecule has 1 aromatic heterocycles. The lowest BCUT2D eigenvalue weighted by atomic mass is 10.00. The van der Waals surface area contributed by atoms with E-state index in [0.717, 1.165) is 16.7 Å². The van der Waals surface area contributed by atoms with Crippen LogP contribution in [-0.4, -0.2) is 10.8 Å². The summed E-state index contributed by atoms with van der Waals surface area (Å²) >= 11 is 3.45. The number of aryl methyl sites for hydroxylation is 2. The largest absolute Gasteiger partial charge is 0.293 e. The van der Waals surface area contributed by atoms with Crippen LogP contribution in [0.3, 0.4) is 0 Å². The van der Waals surface area contributed by atoms with Crippen molar-refractivity contribution in [1.29, 1.82) is 0 Å². The predicted molar refractivity (Wildman–Crippen MR) is 76.2 cm³/mol. The molecule has 1 heterocycles. The molecule has 2 nitrogen and oxygen atoms in total. The molecule has 0 aliphatic heterocycles. The molecule has 0 amide bonds. The lowest BCUT2D eigenvalue weighted by Crippen LogP contribution is -2.07. The van der Waals surface area contributed by atoms with Gasteiger partial charge in [0, 0.05) is 18.0 Å². The molecule has 3 heteroatoms. The van der Waals surface area contributed by atoms with E-state index in [9.17, 15) is 4.79 Å². The van der Waals surface area contributed by atoms with Gasteiger partial charge in [-0.2, -0.15) is 0 Å². The Morgan fingerprint density at radius 3 is 2.39 bits per heavy atom. The highest BCUT2D eigenvalue weighted by atomic mass is 79.9. The van der Waals surface area contributed by atoms with E-state index < -0.39 is 0 Å². The van der Waals surface area contributed by atoms with Crippen LogP contribution in [0.2, 0.25) is 0 Å². The summed E-state index contributed by atoms with van der Waals surface area (Å²) in [6.07, 6.45) is 3.38. The molecule has 0 fully saturated rings. The molecule has 0 N–H and O–H groups in total. The number of ketones is 1. The Labute approximate surface area is 115 Å². The number of aromatic nitrogens is 1. The van der Waals surface area contributed by atoms with Crippen molar-refractivity contribution in [3.05, 3.63) is 65.0 Å². The second kappa shape index (κ2) is 5.44. The van der Waals surface area contributed by atoms with E-state index in [1.165, 1.54) is 5.56 Å². The van der Waals surface area contributed by atoms with Crippen LogP contribution in [0.25, 0.3) is 0 Å². The highest BCUT2D eigenvalue weighted by molar-refractivity contribution is 9.09. The van der Waals surface area contributed by atoms with Crippen molar-refractivity contribution in [1.82, 2.24) is 4.98 Å². The Kier molecular flexibility index (Phi) is 3.92. The Balaban J connectivity index is 2.29. The number of alkyl halides is 1. The molecule has 2 rings (SSSR count). The van der Waals surface area contributed by atoms with Crippen LogP contribution in [-0.2, 0) is 0 Å². The van der Waals surface area contributed by atoms with Gasteiger partial charge in [0.2, 0.25) is 0 Å². The molecule has 1 aromatic carbocycles. The zero-order valence-corrected chi connectivity index (χ0v) is 11.9. The quantitative estimate of drug-likeness (QED) is 0.633. The predicted octanol–water partition coefficient (Wildman–Crippen LogP) is 4.02. The summed E-state index contributed by atoms with van der Waals surface area (Å²) in [7, 11) is 0. The average molecular weight is 304 g/mol. The number of pyridine rings is 1. The first-order chi connectivity index (χ1) is 8.59. The monoisotopic (exact) mass is 303 g/mol. The fraction of sp³-hybridized carbons (Fsp3) is 0.200. The van der Waals surface area contributed by atoms with E-state index in [1.54, 1.807) is 12.4 Å². The lowest BCUT2D eigenvalue weighted by molar-refractivity contribution is 0.0991. The fourth-order valence-corrected chi connectivity index (χ4v) is 2.29. The highest BCUT2D eigenvalue weighted by Gasteiger charge is 2.18. The number of hydrogen-bond acceptors (Lipinski definition) is 2. The summed E-state index contributed by atoms with van der Waals surface area (Å²) in [5, 5.41) is 0. The van der Waals surface area contributed by atoms with Crippen LogP contribution in [0, 0.1) is 13.8 Å². The Hall–Kier alpha value is -1.48. The van der Waals surface area contributed by atoms with Crippen molar-refractivity contribution in [2.75, 3.05) is 0 Å². The van der Waals surface area contributed by atoms with Gasteiger partial charge < -0.3 is 0 Å². The molecule has 0 bridgehead atoms. The number of benzene rings is 1. The molecular formula is C15H14BrNO.